The molecule has 9 rings (SSSR count). The number of dihydropyridines is 1. The van der Waals surface area contributed by atoms with Crippen molar-refractivity contribution in [3.8, 4) is 5.82 Å². The second-order valence-corrected chi connectivity index (χ2v) is 9.92. The SMILES string of the molecule is C1=CNC2C(=C1)N(c1ccc3ncccc3n1)c1cc3c4ccccc4n(-c4ccc5ncccc5n4)c3nc12. The first-order valence-electron chi connectivity index (χ1n) is 13.1. The Morgan fingerprint density at radius 1 is 0.675 bits per heavy atom. The van der Waals surface area contributed by atoms with Gasteiger partial charge in [-0.1, -0.05) is 18.2 Å². The number of rotatable bonds is 2. The van der Waals surface area contributed by atoms with Gasteiger partial charge in [-0.15, -0.1) is 0 Å². The van der Waals surface area contributed by atoms with E-state index in [9.17, 15) is 0 Å². The third kappa shape index (κ3) is 2.92. The van der Waals surface area contributed by atoms with Crippen LogP contribution in [0.15, 0.2) is 115 Å². The largest absolute Gasteiger partial charge is 0.377 e. The molecule has 1 aromatic carbocycles. The molecule has 8 heterocycles. The van der Waals surface area contributed by atoms with Crippen molar-refractivity contribution < 1.29 is 0 Å². The molecule has 7 aromatic rings. The van der Waals surface area contributed by atoms with Crippen LogP contribution in [0.2, 0.25) is 0 Å². The van der Waals surface area contributed by atoms with Crippen molar-refractivity contribution in [1.82, 2.24) is 34.8 Å². The molecule has 188 valence electrons. The Kier molecular flexibility index (Phi) is 4.23. The molecule has 6 aromatic heterocycles. The molecule has 1 atom stereocenters. The van der Waals surface area contributed by atoms with Crippen LogP contribution in [0, 0.1) is 0 Å². The highest BCUT2D eigenvalue weighted by molar-refractivity contribution is 6.09. The van der Waals surface area contributed by atoms with E-state index in [0.717, 1.165) is 72.7 Å². The lowest BCUT2D eigenvalue weighted by Gasteiger charge is -2.23. The van der Waals surface area contributed by atoms with Crippen molar-refractivity contribution in [3.05, 3.63) is 121 Å². The number of para-hydroxylation sites is 1. The fraction of sp³-hybridized carbons (Fsp3) is 0.0312. The predicted molar refractivity (Wildman–Crippen MR) is 156 cm³/mol. The summed E-state index contributed by atoms with van der Waals surface area (Å²) in [6.07, 6.45) is 9.71. The van der Waals surface area contributed by atoms with Crippen molar-refractivity contribution >= 4 is 55.5 Å². The van der Waals surface area contributed by atoms with E-state index < -0.39 is 0 Å². The predicted octanol–water partition coefficient (Wildman–Crippen LogP) is 6.26. The Bertz CT molecular complexity index is 2230. The Balaban J connectivity index is 1.33. The lowest BCUT2D eigenvalue weighted by molar-refractivity contribution is 0.703. The van der Waals surface area contributed by atoms with Gasteiger partial charge in [0.2, 0.25) is 0 Å². The molecule has 0 saturated carbocycles. The number of benzene rings is 1. The summed E-state index contributed by atoms with van der Waals surface area (Å²) < 4.78 is 2.15. The van der Waals surface area contributed by atoms with Gasteiger partial charge in [0.05, 0.1) is 44.7 Å². The third-order valence-corrected chi connectivity index (χ3v) is 7.69. The third-order valence-electron chi connectivity index (χ3n) is 7.69. The van der Waals surface area contributed by atoms with Gasteiger partial charge in [0.1, 0.15) is 23.3 Å². The molecule has 0 bridgehead atoms. The number of hydrogen-bond donors (Lipinski definition) is 1. The van der Waals surface area contributed by atoms with Crippen LogP contribution in [0.1, 0.15) is 11.7 Å². The van der Waals surface area contributed by atoms with Crippen LogP contribution in [-0.2, 0) is 0 Å². The van der Waals surface area contributed by atoms with Gasteiger partial charge in [-0.05, 0) is 79.0 Å². The van der Waals surface area contributed by atoms with E-state index in [-0.39, 0.29) is 6.04 Å². The second kappa shape index (κ2) is 7.94. The molecule has 0 aliphatic carbocycles. The monoisotopic (exact) mass is 516 g/mol. The maximum Gasteiger partial charge on any atom is 0.147 e. The molecule has 8 nitrogen and oxygen atoms in total. The topological polar surface area (TPSA) is 84.6 Å². The first-order valence-corrected chi connectivity index (χ1v) is 13.1. The minimum absolute atomic E-state index is 0.101. The first kappa shape index (κ1) is 21.3. The van der Waals surface area contributed by atoms with Gasteiger partial charge < -0.3 is 5.32 Å². The molecular formula is C32H20N8. The summed E-state index contributed by atoms with van der Waals surface area (Å²) in [5.74, 6) is 1.64. The van der Waals surface area contributed by atoms with Crippen molar-refractivity contribution in [2.75, 3.05) is 4.90 Å². The van der Waals surface area contributed by atoms with Crippen molar-refractivity contribution in [2.45, 2.75) is 6.04 Å². The molecule has 0 amide bonds. The number of allylic oxidation sites excluding steroid dienone is 2. The molecule has 1 N–H and O–H groups in total. The fourth-order valence-corrected chi connectivity index (χ4v) is 5.95. The summed E-state index contributed by atoms with van der Waals surface area (Å²) in [5, 5.41) is 5.70. The summed E-state index contributed by atoms with van der Waals surface area (Å²) >= 11 is 0. The van der Waals surface area contributed by atoms with Crippen LogP contribution in [-0.4, -0.2) is 29.5 Å². The van der Waals surface area contributed by atoms with Gasteiger partial charge in [0, 0.05) is 23.2 Å². The number of aromatic nitrogens is 6. The number of anilines is 2. The minimum Gasteiger partial charge on any atom is -0.377 e. The molecule has 0 fully saturated rings. The summed E-state index contributed by atoms with van der Waals surface area (Å²) in [6.45, 7) is 0. The summed E-state index contributed by atoms with van der Waals surface area (Å²) in [4.78, 5) is 26.5. The van der Waals surface area contributed by atoms with Gasteiger partial charge in [0.25, 0.3) is 0 Å². The maximum absolute atomic E-state index is 5.36. The van der Waals surface area contributed by atoms with Crippen LogP contribution < -0.4 is 10.2 Å². The van der Waals surface area contributed by atoms with Gasteiger partial charge in [-0.25, -0.2) is 15.0 Å². The number of pyridine rings is 5. The minimum atomic E-state index is -0.101. The van der Waals surface area contributed by atoms with Crippen LogP contribution in [0.3, 0.4) is 0 Å². The number of hydrogen-bond acceptors (Lipinski definition) is 7. The Labute approximate surface area is 228 Å². The Morgan fingerprint density at radius 2 is 1.43 bits per heavy atom. The van der Waals surface area contributed by atoms with E-state index >= 15 is 0 Å². The molecule has 0 spiro atoms. The van der Waals surface area contributed by atoms with Gasteiger partial charge in [0.15, 0.2) is 0 Å². The van der Waals surface area contributed by atoms with Crippen molar-refractivity contribution in [2.24, 2.45) is 0 Å². The summed E-state index contributed by atoms with van der Waals surface area (Å²) in [5.41, 5.74) is 8.39. The van der Waals surface area contributed by atoms with Crippen LogP contribution in [0.5, 0.6) is 0 Å². The lowest BCUT2D eigenvalue weighted by Crippen LogP contribution is -2.23. The van der Waals surface area contributed by atoms with Crippen molar-refractivity contribution in [1.29, 1.82) is 0 Å². The standard InChI is InChI=1S/C32H20N8/c1-2-9-25-19(6-1)20-18-27-31(38-32(20)40(25)29-14-12-22-24(37-29)8-4-16-34-22)30-26(10-5-17-35-30)39(27)28-13-11-21-23(36-28)7-3-15-33-21/h1-18,30,35H. The summed E-state index contributed by atoms with van der Waals surface area (Å²) in [7, 11) is 0. The second-order valence-electron chi connectivity index (χ2n) is 9.92. The first-order chi connectivity index (χ1) is 19.8. The average Bonchev–Trinajstić information content (AvgIpc) is 3.51. The van der Waals surface area contributed by atoms with Crippen LogP contribution in [0.25, 0.3) is 49.8 Å². The van der Waals surface area contributed by atoms with Gasteiger partial charge in [-0.2, -0.15) is 0 Å². The molecule has 8 heteroatoms. The Morgan fingerprint density at radius 3 is 2.25 bits per heavy atom. The molecule has 0 radical (unpaired) electrons. The molecule has 40 heavy (non-hydrogen) atoms. The van der Waals surface area contributed by atoms with Crippen LogP contribution >= 0.6 is 0 Å². The zero-order valence-electron chi connectivity index (χ0n) is 21.1. The number of fused-ring (bicyclic) bond motifs is 8. The maximum atomic E-state index is 5.36. The van der Waals surface area contributed by atoms with E-state index in [2.05, 4.69) is 61.2 Å². The number of nitrogens with zero attached hydrogens (tertiary/aromatic N) is 7. The molecule has 0 saturated heterocycles. The quantitative estimate of drug-likeness (QED) is 0.290. The van der Waals surface area contributed by atoms with Gasteiger partial charge in [-0.3, -0.25) is 19.4 Å². The fourth-order valence-electron chi connectivity index (χ4n) is 5.95. The highest BCUT2D eigenvalue weighted by Crippen LogP contribution is 2.48. The normalized spacial score (nSPS) is 15.9. The van der Waals surface area contributed by atoms with E-state index in [4.69, 9.17) is 15.0 Å². The zero-order chi connectivity index (χ0) is 26.2. The Hall–Kier alpha value is -5.63. The summed E-state index contributed by atoms with van der Waals surface area (Å²) in [6, 6.07) is 26.4. The molecule has 2 aliphatic rings. The lowest BCUT2D eigenvalue weighted by atomic mass is 10.1. The highest BCUT2D eigenvalue weighted by Gasteiger charge is 2.38. The molecule has 2 aliphatic heterocycles. The molecule has 1 unspecified atom stereocenters. The van der Waals surface area contributed by atoms with Crippen molar-refractivity contribution in [3.63, 3.8) is 0 Å². The van der Waals surface area contributed by atoms with Gasteiger partial charge >= 0.3 is 0 Å². The highest BCUT2D eigenvalue weighted by atomic mass is 15.3. The van der Waals surface area contributed by atoms with E-state index in [1.807, 2.05) is 60.8 Å². The van der Waals surface area contributed by atoms with E-state index in [1.165, 1.54) is 0 Å². The molecular weight excluding hydrogens is 496 g/mol. The average molecular weight is 517 g/mol. The zero-order valence-corrected chi connectivity index (χ0v) is 21.1. The van der Waals surface area contributed by atoms with E-state index in [1.54, 1.807) is 12.4 Å². The van der Waals surface area contributed by atoms with Crippen LogP contribution in [0.4, 0.5) is 11.5 Å². The smallest absolute Gasteiger partial charge is 0.147 e. The van der Waals surface area contributed by atoms with E-state index in [0.29, 0.717) is 0 Å². The number of nitrogens with one attached hydrogen (secondary N) is 1.